The number of aromatic nitrogens is 1. The van der Waals surface area contributed by atoms with Gasteiger partial charge in [0.2, 0.25) is 5.13 Å². The Kier molecular flexibility index (Phi) is 4.96. The van der Waals surface area contributed by atoms with E-state index in [-0.39, 0.29) is 0 Å². The zero-order valence-electron chi connectivity index (χ0n) is 12.8. The SMILES string of the molecule is Cc1sc(N/N=C/C=C/c2ccccc2)nc1-c1ccccc1. The summed E-state index contributed by atoms with van der Waals surface area (Å²) in [7, 11) is 0. The predicted octanol–water partition coefficient (Wildman–Crippen LogP) is 5.23. The summed E-state index contributed by atoms with van der Waals surface area (Å²) in [5.74, 6) is 0. The van der Waals surface area contributed by atoms with Crippen molar-refractivity contribution in [1.29, 1.82) is 0 Å². The molecule has 3 nitrogen and oxygen atoms in total. The molecule has 1 aromatic heterocycles. The van der Waals surface area contributed by atoms with Gasteiger partial charge >= 0.3 is 0 Å². The molecule has 114 valence electrons. The Morgan fingerprint density at radius 3 is 2.43 bits per heavy atom. The van der Waals surface area contributed by atoms with Crippen molar-refractivity contribution in [2.75, 3.05) is 5.43 Å². The van der Waals surface area contributed by atoms with Gasteiger partial charge in [-0.25, -0.2) is 4.98 Å². The average Bonchev–Trinajstić information content (AvgIpc) is 2.97. The fourth-order valence-electron chi connectivity index (χ4n) is 2.16. The van der Waals surface area contributed by atoms with Crippen molar-refractivity contribution < 1.29 is 0 Å². The number of aryl methyl sites for hydroxylation is 1. The number of allylic oxidation sites excluding steroid dienone is 1. The molecule has 0 fully saturated rings. The summed E-state index contributed by atoms with van der Waals surface area (Å²) in [6, 6.07) is 20.3. The Hall–Kier alpha value is -2.72. The Labute approximate surface area is 140 Å². The Bertz CT molecular complexity index is 805. The van der Waals surface area contributed by atoms with Crippen LogP contribution in [0.4, 0.5) is 5.13 Å². The van der Waals surface area contributed by atoms with Crippen molar-refractivity contribution in [3.8, 4) is 11.3 Å². The standard InChI is InChI=1S/C19H17N3S/c1-15-18(17-12-6-3-7-13-17)21-19(23-15)22-20-14-8-11-16-9-4-2-5-10-16/h2-14H,1H3,(H,21,22)/b11-8+,20-14+. The average molecular weight is 319 g/mol. The van der Waals surface area contributed by atoms with E-state index in [9.17, 15) is 0 Å². The first kappa shape index (κ1) is 15.2. The monoisotopic (exact) mass is 319 g/mol. The van der Waals surface area contributed by atoms with Crippen molar-refractivity contribution in [2.45, 2.75) is 6.92 Å². The third kappa shape index (κ3) is 4.14. The number of thiazole rings is 1. The van der Waals surface area contributed by atoms with Crippen LogP contribution in [0.2, 0.25) is 0 Å². The third-order valence-corrected chi connectivity index (χ3v) is 4.13. The lowest BCUT2D eigenvalue weighted by atomic mass is 10.1. The molecular weight excluding hydrogens is 302 g/mol. The topological polar surface area (TPSA) is 37.3 Å². The molecule has 0 radical (unpaired) electrons. The molecule has 3 rings (SSSR count). The highest BCUT2D eigenvalue weighted by atomic mass is 32.1. The molecule has 3 aromatic rings. The van der Waals surface area contributed by atoms with Crippen LogP contribution in [-0.4, -0.2) is 11.2 Å². The lowest BCUT2D eigenvalue weighted by Gasteiger charge is -1.96. The van der Waals surface area contributed by atoms with Crippen LogP contribution in [0, 0.1) is 6.92 Å². The van der Waals surface area contributed by atoms with Gasteiger partial charge in [0.15, 0.2) is 0 Å². The van der Waals surface area contributed by atoms with Crippen LogP contribution in [0.1, 0.15) is 10.4 Å². The zero-order valence-corrected chi connectivity index (χ0v) is 13.6. The third-order valence-electron chi connectivity index (χ3n) is 3.25. The van der Waals surface area contributed by atoms with Gasteiger partial charge in [-0.05, 0) is 18.6 Å². The molecule has 0 atom stereocenters. The van der Waals surface area contributed by atoms with Gasteiger partial charge in [-0.3, -0.25) is 5.43 Å². The molecule has 1 N–H and O–H groups in total. The van der Waals surface area contributed by atoms with Crippen LogP contribution in [0.5, 0.6) is 0 Å². The van der Waals surface area contributed by atoms with Gasteiger partial charge in [-0.15, -0.1) is 11.3 Å². The van der Waals surface area contributed by atoms with Crippen molar-refractivity contribution in [3.05, 3.63) is 77.2 Å². The first-order valence-corrected chi connectivity index (χ1v) is 8.18. The van der Waals surface area contributed by atoms with Crippen LogP contribution in [-0.2, 0) is 0 Å². The second-order valence-electron chi connectivity index (χ2n) is 4.95. The first-order chi connectivity index (χ1) is 11.3. The molecule has 0 aliphatic heterocycles. The summed E-state index contributed by atoms with van der Waals surface area (Å²) in [5.41, 5.74) is 6.27. The van der Waals surface area contributed by atoms with Crippen LogP contribution < -0.4 is 5.43 Å². The van der Waals surface area contributed by atoms with E-state index in [1.165, 1.54) is 4.88 Å². The summed E-state index contributed by atoms with van der Waals surface area (Å²) in [6.07, 6.45) is 5.64. The molecule has 0 spiro atoms. The number of hydrogen-bond donors (Lipinski definition) is 1. The maximum Gasteiger partial charge on any atom is 0.204 e. The highest BCUT2D eigenvalue weighted by molar-refractivity contribution is 7.15. The summed E-state index contributed by atoms with van der Waals surface area (Å²) < 4.78 is 0. The van der Waals surface area contributed by atoms with Gasteiger partial charge in [0.05, 0.1) is 5.69 Å². The molecule has 0 unspecified atom stereocenters. The van der Waals surface area contributed by atoms with E-state index in [4.69, 9.17) is 0 Å². The molecular formula is C19H17N3S. The van der Waals surface area contributed by atoms with Gasteiger partial charge in [-0.1, -0.05) is 66.7 Å². The Morgan fingerprint density at radius 1 is 1.00 bits per heavy atom. The number of nitrogens with one attached hydrogen (secondary N) is 1. The maximum absolute atomic E-state index is 4.61. The Balaban J connectivity index is 1.63. The van der Waals surface area contributed by atoms with Gasteiger partial charge < -0.3 is 0 Å². The lowest BCUT2D eigenvalue weighted by molar-refractivity contribution is 1.28. The van der Waals surface area contributed by atoms with Crippen molar-refractivity contribution in [3.63, 3.8) is 0 Å². The van der Waals surface area contributed by atoms with Crippen LogP contribution in [0.3, 0.4) is 0 Å². The predicted molar refractivity (Wildman–Crippen MR) is 99.9 cm³/mol. The molecule has 2 aromatic carbocycles. The van der Waals surface area contributed by atoms with E-state index in [0.717, 1.165) is 22.0 Å². The molecule has 1 heterocycles. The smallest absolute Gasteiger partial charge is 0.204 e. The second-order valence-corrected chi connectivity index (χ2v) is 6.15. The summed E-state index contributed by atoms with van der Waals surface area (Å²) >= 11 is 1.60. The van der Waals surface area contributed by atoms with E-state index >= 15 is 0 Å². The molecule has 0 saturated carbocycles. The van der Waals surface area contributed by atoms with Gasteiger partial charge in [0.25, 0.3) is 0 Å². The molecule has 0 amide bonds. The maximum atomic E-state index is 4.61. The largest absolute Gasteiger partial charge is 0.253 e. The van der Waals surface area contributed by atoms with Crippen molar-refractivity contribution in [2.24, 2.45) is 5.10 Å². The quantitative estimate of drug-likeness (QED) is 0.516. The summed E-state index contributed by atoms with van der Waals surface area (Å²) in [5, 5.41) is 4.99. The highest BCUT2D eigenvalue weighted by Crippen LogP contribution is 2.29. The zero-order chi connectivity index (χ0) is 15.9. The van der Waals surface area contributed by atoms with E-state index in [2.05, 4.69) is 34.6 Å². The molecule has 0 aliphatic rings. The van der Waals surface area contributed by atoms with Crippen molar-refractivity contribution in [1.82, 2.24) is 4.98 Å². The minimum absolute atomic E-state index is 0.797. The molecule has 0 saturated heterocycles. The number of rotatable bonds is 5. The van der Waals surface area contributed by atoms with Crippen LogP contribution in [0.15, 0.2) is 71.8 Å². The van der Waals surface area contributed by atoms with Gasteiger partial charge in [-0.2, -0.15) is 5.10 Å². The normalized spacial score (nSPS) is 11.3. The minimum atomic E-state index is 0.797. The number of nitrogens with zero attached hydrogens (tertiary/aromatic N) is 2. The van der Waals surface area contributed by atoms with Crippen LogP contribution >= 0.6 is 11.3 Å². The number of hydrazone groups is 1. The number of anilines is 1. The van der Waals surface area contributed by atoms with Crippen molar-refractivity contribution >= 4 is 28.8 Å². The number of hydrogen-bond acceptors (Lipinski definition) is 4. The molecule has 0 aliphatic carbocycles. The first-order valence-electron chi connectivity index (χ1n) is 7.36. The van der Waals surface area contributed by atoms with E-state index in [1.54, 1.807) is 17.6 Å². The van der Waals surface area contributed by atoms with E-state index < -0.39 is 0 Å². The van der Waals surface area contributed by atoms with Crippen LogP contribution in [0.25, 0.3) is 17.3 Å². The van der Waals surface area contributed by atoms with Gasteiger partial charge in [0, 0.05) is 16.7 Å². The van der Waals surface area contributed by atoms with E-state index in [0.29, 0.717) is 0 Å². The second kappa shape index (κ2) is 7.51. The molecule has 4 heteroatoms. The van der Waals surface area contributed by atoms with E-state index in [1.807, 2.05) is 60.7 Å². The van der Waals surface area contributed by atoms with Gasteiger partial charge in [0.1, 0.15) is 0 Å². The molecule has 23 heavy (non-hydrogen) atoms. The minimum Gasteiger partial charge on any atom is -0.253 e. The summed E-state index contributed by atoms with van der Waals surface area (Å²) in [4.78, 5) is 5.78. The molecule has 0 bridgehead atoms. The summed E-state index contributed by atoms with van der Waals surface area (Å²) in [6.45, 7) is 2.07. The fourth-order valence-corrected chi connectivity index (χ4v) is 2.95. The lowest BCUT2D eigenvalue weighted by Crippen LogP contribution is -1.87. The fraction of sp³-hybridized carbons (Fsp3) is 0.0526. The highest BCUT2D eigenvalue weighted by Gasteiger charge is 2.08. The Morgan fingerprint density at radius 2 is 1.70 bits per heavy atom. The number of benzene rings is 2.